The summed E-state index contributed by atoms with van der Waals surface area (Å²) in [5, 5.41) is 0. The van der Waals surface area contributed by atoms with E-state index in [1.54, 1.807) is 18.7 Å². The molecule has 1 aromatic carbocycles. The van der Waals surface area contributed by atoms with Crippen LogP contribution in [-0.4, -0.2) is 18.1 Å². The minimum atomic E-state index is -0.443. The molecule has 0 aliphatic carbocycles. The summed E-state index contributed by atoms with van der Waals surface area (Å²) < 4.78 is 0.941. The average Bonchev–Trinajstić information content (AvgIpc) is 2.16. The minimum Gasteiger partial charge on any atom is -0.321 e. The van der Waals surface area contributed by atoms with Crippen LogP contribution in [0.5, 0.6) is 0 Å². The zero-order valence-corrected chi connectivity index (χ0v) is 10.5. The predicted octanol–water partition coefficient (Wildman–Crippen LogP) is 2.70. The van der Waals surface area contributed by atoms with Crippen LogP contribution in [0.3, 0.4) is 0 Å². The van der Waals surface area contributed by atoms with Gasteiger partial charge in [0, 0.05) is 14.9 Å². The molecule has 76 valence electrons. The second-order valence-corrected chi connectivity index (χ2v) is 4.70. The summed E-state index contributed by atoms with van der Waals surface area (Å²) in [6, 6.07) is 5.10. The Kier molecular flexibility index (Phi) is 4.16. The number of carbonyl (C=O) groups is 1. The van der Waals surface area contributed by atoms with Crippen molar-refractivity contribution in [2.24, 2.45) is 5.73 Å². The van der Waals surface area contributed by atoms with Gasteiger partial charge in [-0.1, -0.05) is 6.07 Å². The van der Waals surface area contributed by atoms with Crippen molar-refractivity contribution in [1.29, 1.82) is 0 Å². The summed E-state index contributed by atoms with van der Waals surface area (Å²) in [5.41, 5.74) is 6.18. The lowest BCUT2D eigenvalue weighted by atomic mass is 10.1. The second kappa shape index (κ2) is 4.96. The molecule has 0 heterocycles. The van der Waals surface area contributed by atoms with E-state index in [-0.39, 0.29) is 5.78 Å². The Balaban J connectivity index is 3.03. The van der Waals surface area contributed by atoms with Gasteiger partial charge in [0.15, 0.2) is 5.78 Å². The molecule has 0 bridgehead atoms. The molecular formula is C10H12BrNOS. The largest absolute Gasteiger partial charge is 0.321 e. The van der Waals surface area contributed by atoms with Crippen LogP contribution < -0.4 is 5.73 Å². The molecule has 1 unspecified atom stereocenters. The van der Waals surface area contributed by atoms with Crippen LogP contribution in [0, 0.1) is 0 Å². The maximum absolute atomic E-state index is 11.5. The predicted molar refractivity (Wildman–Crippen MR) is 63.9 cm³/mol. The number of nitrogens with two attached hydrogens (primary N) is 1. The van der Waals surface area contributed by atoms with Crippen molar-refractivity contribution in [3.05, 3.63) is 28.2 Å². The van der Waals surface area contributed by atoms with Crippen molar-refractivity contribution in [3.8, 4) is 0 Å². The lowest BCUT2D eigenvalue weighted by Crippen LogP contribution is -2.26. The van der Waals surface area contributed by atoms with Crippen molar-refractivity contribution in [1.82, 2.24) is 0 Å². The molecule has 0 amide bonds. The van der Waals surface area contributed by atoms with E-state index in [4.69, 9.17) is 5.73 Å². The van der Waals surface area contributed by atoms with Crippen LogP contribution in [0.15, 0.2) is 27.6 Å². The van der Waals surface area contributed by atoms with Gasteiger partial charge < -0.3 is 5.73 Å². The number of halogens is 1. The lowest BCUT2D eigenvalue weighted by Gasteiger charge is -2.06. The third-order valence-corrected chi connectivity index (χ3v) is 3.56. The molecule has 4 heteroatoms. The fraction of sp³-hybridized carbons (Fsp3) is 0.300. The first-order chi connectivity index (χ1) is 6.56. The van der Waals surface area contributed by atoms with E-state index in [0.717, 1.165) is 9.37 Å². The van der Waals surface area contributed by atoms with Gasteiger partial charge in [-0.3, -0.25) is 4.79 Å². The number of benzene rings is 1. The number of rotatable bonds is 3. The third-order valence-electron chi connectivity index (χ3n) is 1.85. The normalized spacial score (nSPS) is 12.6. The highest BCUT2D eigenvalue weighted by atomic mass is 79.9. The Bertz CT molecular complexity index is 352. The van der Waals surface area contributed by atoms with Crippen LogP contribution in [0.4, 0.5) is 0 Å². The zero-order valence-electron chi connectivity index (χ0n) is 8.08. The molecule has 1 rings (SSSR count). The topological polar surface area (TPSA) is 43.1 Å². The van der Waals surface area contributed by atoms with Crippen molar-refractivity contribution >= 4 is 33.5 Å². The maximum atomic E-state index is 11.5. The molecule has 1 atom stereocenters. The highest BCUT2D eigenvalue weighted by molar-refractivity contribution is 9.10. The molecule has 14 heavy (non-hydrogen) atoms. The van der Waals surface area contributed by atoms with Crippen molar-refractivity contribution in [2.45, 2.75) is 17.9 Å². The number of hydrogen-bond acceptors (Lipinski definition) is 3. The van der Waals surface area contributed by atoms with Crippen molar-refractivity contribution in [2.75, 3.05) is 6.26 Å². The summed E-state index contributed by atoms with van der Waals surface area (Å²) in [4.78, 5) is 12.7. The summed E-state index contributed by atoms with van der Waals surface area (Å²) in [6.45, 7) is 1.69. The molecule has 0 saturated carbocycles. The standard InChI is InChI=1S/C10H12BrNOS/c1-6(12)10(13)7-3-4-9(14-2)8(11)5-7/h3-6H,12H2,1-2H3. The number of Topliss-reactive ketones (excluding diaryl/α,β-unsaturated/α-hetero) is 1. The molecule has 0 aromatic heterocycles. The number of ketones is 1. The highest BCUT2D eigenvalue weighted by Gasteiger charge is 2.11. The highest BCUT2D eigenvalue weighted by Crippen LogP contribution is 2.26. The van der Waals surface area contributed by atoms with Crippen molar-refractivity contribution in [3.63, 3.8) is 0 Å². The van der Waals surface area contributed by atoms with Crippen LogP contribution in [-0.2, 0) is 0 Å². The lowest BCUT2D eigenvalue weighted by molar-refractivity contribution is 0.0968. The first-order valence-electron chi connectivity index (χ1n) is 4.19. The van der Waals surface area contributed by atoms with Gasteiger partial charge in [-0.2, -0.15) is 0 Å². The Morgan fingerprint density at radius 2 is 2.21 bits per heavy atom. The molecular weight excluding hydrogens is 262 g/mol. The Hall–Kier alpha value is -0.320. The summed E-state index contributed by atoms with van der Waals surface area (Å²) in [5.74, 6) is -0.0293. The molecule has 0 aliphatic heterocycles. The fourth-order valence-electron chi connectivity index (χ4n) is 1.08. The quantitative estimate of drug-likeness (QED) is 0.680. The molecule has 0 fully saturated rings. The van der Waals surface area contributed by atoms with Gasteiger partial charge in [-0.25, -0.2) is 0 Å². The maximum Gasteiger partial charge on any atom is 0.179 e. The van der Waals surface area contributed by atoms with Gasteiger partial charge in [0.2, 0.25) is 0 Å². The zero-order chi connectivity index (χ0) is 10.7. The number of thioether (sulfide) groups is 1. The van der Waals surface area contributed by atoms with Crippen LogP contribution >= 0.6 is 27.7 Å². The van der Waals surface area contributed by atoms with E-state index < -0.39 is 6.04 Å². The summed E-state index contributed by atoms with van der Waals surface area (Å²) in [6.07, 6.45) is 1.99. The molecule has 1 aromatic rings. The van der Waals surface area contributed by atoms with Gasteiger partial charge >= 0.3 is 0 Å². The monoisotopic (exact) mass is 273 g/mol. The van der Waals surface area contributed by atoms with E-state index in [1.165, 1.54) is 0 Å². The summed E-state index contributed by atoms with van der Waals surface area (Å²) in [7, 11) is 0. The SMILES string of the molecule is CSc1ccc(C(=O)C(C)N)cc1Br. The Morgan fingerprint density at radius 3 is 2.64 bits per heavy atom. The number of carbonyl (C=O) groups excluding carboxylic acids is 1. The van der Waals surface area contributed by atoms with Crippen LogP contribution in [0.2, 0.25) is 0 Å². The van der Waals surface area contributed by atoms with E-state index in [1.807, 2.05) is 24.5 Å². The van der Waals surface area contributed by atoms with E-state index in [2.05, 4.69) is 15.9 Å². The van der Waals surface area contributed by atoms with Gasteiger partial charge in [-0.15, -0.1) is 11.8 Å². The molecule has 2 N–H and O–H groups in total. The number of hydrogen-bond donors (Lipinski definition) is 1. The van der Waals surface area contributed by atoms with E-state index in [0.29, 0.717) is 5.56 Å². The van der Waals surface area contributed by atoms with Crippen LogP contribution in [0.1, 0.15) is 17.3 Å². The van der Waals surface area contributed by atoms with Gasteiger partial charge in [0.1, 0.15) is 0 Å². The molecule has 2 nitrogen and oxygen atoms in total. The summed E-state index contributed by atoms with van der Waals surface area (Å²) >= 11 is 5.05. The van der Waals surface area contributed by atoms with Crippen molar-refractivity contribution < 1.29 is 4.79 Å². The van der Waals surface area contributed by atoms with Gasteiger partial charge in [0.05, 0.1) is 6.04 Å². The van der Waals surface area contributed by atoms with E-state index in [9.17, 15) is 4.79 Å². The second-order valence-electron chi connectivity index (χ2n) is 3.00. The Morgan fingerprint density at radius 1 is 1.57 bits per heavy atom. The minimum absolute atomic E-state index is 0.0293. The molecule has 0 spiro atoms. The molecule has 0 saturated heterocycles. The van der Waals surface area contributed by atoms with E-state index >= 15 is 0 Å². The first-order valence-corrected chi connectivity index (χ1v) is 6.21. The average molecular weight is 274 g/mol. The van der Waals surface area contributed by atoms with Gasteiger partial charge in [0.25, 0.3) is 0 Å². The molecule has 0 radical (unpaired) electrons. The fourth-order valence-corrected chi connectivity index (χ4v) is 2.40. The smallest absolute Gasteiger partial charge is 0.179 e. The first kappa shape index (κ1) is 11.8. The Labute approximate surface area is 96.4 Å². The third kappa shape index (κ3) is 2.59. The van der Waals surface area contributed by atoms with Gasteiger partial charge in [-0.05, 0) is 41.2 Å². The van der Waals surface area contributed by atoms with Crippen LogP contribution in [0.25, 0.3) is 0 Å². The molecule has 0 aliphatic rings.